The van der Waals surface area contributed by atoms with Crippen LogP contribution < -0.4 is 19.7 Å². The van der Waals surface area contributed by atoms with Crippen molar-refractivity contribution in [3.05, 3.63) is 48.5 Å². The molecular weight excluding hydrogens is 370 g/mol. The summed E-state index contributed by atoms with van der Waals surface area (Å²) < 4.78 is 11.1. The molecular formula is C22H27N3O4. The van der Waals surface area contributed by atoms with Crippen LogP contribution in [0.1, 0.15) is 12.8 Å². The van der Waals surface area contributed by atoms with Gasteiger partial charge in [-0.1, -0.05) is 18.2 Å². The lowest BCUT2D eigenvalue weighted by molar-refractivity contribution is -0.121. The molecule has 1 N–H and O–H groups in total. The summed E-state index contributed by atoms with van der Waals surface area (Å²) in [5.74, 6) is 1.16. The Morgan fingerprint density at radius 3 is 2.76 bits per heavy atom. The lowest BCUT2D eigenvalue weighted by atomic mass is 10.2. The number of ether oxygens (including phenoxy) is 2. The molecule has 7 heteroatoms. The number of nitrogens with one attached hydrogen (secondary N) is 1. The molecule has 1 heterocycles. The number of anilines is 2. The standard InChI is InChI=1S/C22H27N3O4/c1-24(2)12-6-13-25-19-15-17(9-10-20(19)29-16-22(25)27)23-21(26)11-14-28-18-7-4-3-5-8-18/h3-5,7-10,15H,6,11-14,16H2,1-2H3,(H,23,26). The Bertz CT molecular complexity index is 839. The topological polar surface area (TPSA) is 71.1 Å². The van der Waals surface area contributed by atoms with Crippen LogP contribution in [-0.4, -0.2) is 57.1 Å². The molecule has 29 heavy (non-hydrogen) atoms. The van der Waals surface area contributed by atoms with Gasteiger partial charge in [-0.25, -0.2) is 0 Å². The maximum absolute atomic E-state index is 12.3. The molecule has 0 spiro atoms. The highest BCUT2D eigenvalue weighted by Gasteiger charge is 2.25. The van der Waals surface area contributed by atoms with E-state index in [1.165, 1.54) is 0 Å². The minimum absolute atomic E-state index is 0.0392. The Hall–Kier alpha value is -3.06. The number of hydrogen-bond donors (Lipinski definition) is 1. The van der Waals surface area contributed by atoms with E-state index in [2.05, 4.69) is 10.2 Å². The number of benzene rings is 2. The summed E-state index contributed by atoms with van der Waals surface area (Å²) in [6.07, 6.45) is 1.08. The van der Waals surface area contributed by atoms with E-state index in [9.17, 15) is 9.59 Å². The second-order valence-electron chi connectivity index (χ2n) is 7.13. The molecule has 0 radical (unpaired) electrons. The van der Waals surface area contributed by atoms with Crippen molar-refractivity contribution in [1.82, 2.24) is 4.90 Å². The number of rotatable bonds is 9. The third-order valence-corrected chi connectivity index (χ3v) is 4.51. The smallest absolute Gasteiger partial charge is 0.265 e. The van der Waals surface area contributed by atoms with E-state index in [4.69, 9.17) is 9.47 Å². The lowest BCUT2D eigenvalue weighted by Gasteiger charge is -2.30. The Labute approximate surface area is 171 Å². The molecule has 2 aromatic carbocycles. The van der Waals surface area contributed by atoms with E-state index in [1.807, 2.05) is 44.4 Å². The highest BCUT2D eigenvalue weighted by Crippen LogP contribution is 2.34. The van der Waals surface area contributed by atoms with Crippen LogP contribution in [0, 0.1) is 0 Å². The second-order valence-corrected chi connectivity index (χ2v) is 7.13. The number of carbonyl (C=O) groups is 2. The first-order valence-corrected chi connectivity index (χ1v) is 9.72. The zero-order valence-corrected chi connectivity index (χ0v) is 16.9. The van der Waals surface area contributed by atoms with Crippen molar-refractivity contribution in [2.45, 2.75) is 12.8 Å². The highest BCUT2D eigenvalue weighted by molar-refractivity contribution is 5.99. The van der Waals surface area contributed by atoms with Crippen LogP contribution in [0.2, 0.25) is 0 Å². The average molecular weight is 397 g/mol. The van der Waals surface area contributed by atoms with Crippen LogP contribution in [-0.2, 0) is 9.59 Å². The number of carbonyl (C=O) groups excluding carboxylic acids is 2. The van der Waals surface area contributed by atoms with E-state index in [1.54, 1.807) is 23.1 Å². The van der Waals surface area contributed by atoms with E-state index in [0.29, 0.717) is 30.3 Å². The van der Waals surface area contributed by atoms with Crippen LogP contribution in [0.25, 0.3) is 0 Å². The fraction of sp³-hybridized carbons (Fsp3) is 0.364. The van der Waals surface area contributed by atoms with Gasteiger partial charge in [0.2, 0.25) is 5.91 Å². The number of para-hydroxylation sites is 1. The third-order valence-electron chi connectivity index (χ3n) is 4.51. The van der Waals surface area contributed by atoms with Crippen LogP contribution in [0.4, 0.5) is 11.4 Å². The SMILES string of the molecule is CN(C)CCCN1C(=O)COc2ccc(NC(=O)CCOc3ccccc3)cc21. The molecule has 2 aromatic rings. The molecule has 7 nitrogen and oxygen atoms in total. The Morgan fingerprint density at radius 1 is 1.21 bits per heavy atom. The number of hydrogen-bond acceptors (Lipinski definition) is 5. The summed E-state index contributed by atoms with van der Waals surface area (Å²) in [5.41, 5.74) is 1.32. The van der Waals surface area contributed by atoms with Crippen molar-refractivity contribution in [3.8, 4) is 11.5 Å². The fourth-order valence-electron chi connectivity index (χ4n) is 3.07. The summed E-state index contributed by atoms with van der Waals surface area (Å²) in [7, 11) is 4.01. The van der Waals surface area contributed by atoms with Gasteiger partial charge in [0.05, 0.1) is 18.7 Å². The first kappa shape index (κ1) is 20.7. The molecule has 3 rings (SSSR count). The van der Waals surface area contributed by atoms with E-state index in [-0.39, 0.29) is 24.8 Å². The maximum Gasteiger partial charge on any atom is 0.265 e. The summed E-state index contributed by atoms with van der Waals surface area (Å²) in [4.78, 5) is 28.4. The first-order valence-electron chi connectivity index (χ1n) is 9.72. The number of fused-ring (bicyclic) bond motifs is 1. The lowest BCUT2D eigenvalue weighted by Crippen LogP contribution is -2.40. The molecule has 0 bridgehead atoms. The van der Waals surface area contributed by atoms with Crippen molar-refractivity contribution in [2.75, 3.05) is 50.6 Å². The van der Waals surface area contributed by atoms with Gasteiger partial charge < -0.3 is 24.6 Å². The first-order chi connectivity index (χ1) is 14.0. The Kier molecular flexibility index (Phi) is 7.08. The summed E-state index contributed by atoms with van der Waals surface area (Å²) >= 11 is 0. The van der Waals surface area contributed by atoms with Gasteiger partial charge in [-0.2, -0.15) is 0 Å². The summed E-state index contributed by atoms with van der Waals surface area (Å²) in [6, 6.07) is 14.7. The van der Waals surface area contributed by atoms with Crippen molar-refractivity contribution in [3.63, 3.8) is 0 Å². The predicted octanol–water partition coefficient (Wildman–Crippen LogP) is 2.77. The largest absolute Gasteiger partial charge is 0.493 e. The Balaban J connectivity index is 1.58. The van der Waals surface area contributed by atoms with E-state index >= 15 is 0 Å². The maximum atomic E-state index is 12.3. The molecule has 154 valence electrons. The molecule has 2 amide bonds. The van der Waals surface area contributed by atoms with Gasteiger partial charge in [0.1, 0.15) is 11.5 Å². The van der Waals surface area contributed by atoms with Gasteiger partial charge in [-0.05, 0) is 57.4 Å². The summed E-state index contributed by atoms with van der Waals surface area (Å²) in [6.45, 7) is 1.82. The predicted molar refractivity (Wildman–Crippen MR) is 113 cm³/mol. The van der Waals surface area contributed by atoms with Crippen LogP contribution in [0.3, 0.4) is 0 Å². The molecule has 0 aliphatic carbocycles. The molecule has 0 saturated heterocycles. The van der Waals surface area contributed by atoms with Gasteiger partial charge in [-0.3, -0.25) is 9.59 Å². The zero-order valence-electron chi connectivity index (χ0n) is 16.9. The quantitative estimate of drug-likeness (QED) is 0.705. The van der Waals surface area contributed by atoms with Gasteiger partial charge in [-0.15, -0.1) is 0 Å². The average Bonchev–Trinajstić information content (AvgIpc) is 2.70. The highest BCUT2D eigenvalue weighted by atomic mass is 16.5. The van der Waals surface area contributed by atoms with Crippen molar-refractivity contribution in [2.24, 2.45) is 0 Å². The van der Waals surface area contributed by atoms with Crippen LogP contribution in [0.5, 0.6) is 11.5 Å². The molecule has 1 aliphatic rings. The van der Waals surface area contributed by atoms with Crippen molar-refractivity contribution in [1.29, 1.82) is 0 Å². The van der Waals surface area contributed by atoms with Crippen molar-refractivity contribution >= 4 is 23.2 Å². The molecule has 0 saturated carbocycles. The molecule has 0 fully saturated rings. The van der Waals surface area contributed by atoms with Crippen LogP contribution >= 0.6 is 0 Å². The van der Waals surface area contributed by atoms with Gasteiger partial charge >= 0.3 is 0 Å². The van der Waals surface area contributed by atoms with Crippen molar-refractivity contribution < 1.29 is 19.1 Å². The Morgan fingerprint density at radius 2 is 2.00 bits per heavy atom. The molecule has 0 atom stereocenters. The minimum Gasteiger partial charge on any atom is -0.493 e. The molecule has 1 aliphatic heterocycles. The minimum atomic E-state index is -0.150. The van der Waals surface area contributed by atoms with E-state index < -0.39 is 0 Å². The third kappa shape index (κ3) is 5.96. The molecule has 0 aromatic heterocycles. The van der Waals surface area contributed by atoms with Gasteiger partial charge in [0.25, 0.3) is 5.91 Å². The van der Waals surface area contributed by atoms with Gasteiger partial charge in [0, 0.05) is 12.2 Å². The number of nitrogens with zero attached hydrogens (tertiary/aromatic N) is 2. The summed E-state index contributed by atoms with van der Waals surface area (Å²) in [5, 5.41) is 2.87. The molecule has 0 unspecified atom stereocenters. The monoisotopic (exact) mass is 397 g/mol. The normalized spacial score (nSPS) is 13.1. The van der Waals surface area contributed by atoms with Crippen LogP contribution in [0.15, 0.2) is 48.5 Å². The van der Waals surface area contributed by atoms with E-state index in [0.717, 1.165) is 18.7 Å². The van der Waals surface area contributed by atoms with Gasteiger partial charge in [0.15, 0.2) is 6.61 Å². The zero-order chi connectivity index (χ0) is 20.6. The second kappa shape index (κ2) is 9.93. The fourth-order valence-corrected chi connectivity index (χ4v) is 3.07. The number of amides is 2.